The molecule has 0 aliphatic heterocycles. The molecule has 158 valence electrons. The van der Waals surface area contributed by atoms with Crippen LogP contribution in [0, 0.1) is 35.5 Å². The summed E-state index contributed by atoms with van der Waals surface area (Å²) in [4.78, 5) is 0. The monoisotopic (exact) mass is 374 g/mol. The molecule has 27 heavy (non-hydrogen) atoms. The first-order chi connectivity index (χ1) is 13.3. The van der Waals surface area contributed by atoms with Gasteiger partial charge in [0.2, 0.25) is 0 Å². The summed E-state index contributed by atoms with van der Waals surface area (Å²) in [5, 5.41) is 0. The molecule has 3 rings (SSSR count). The van der Waals surface area contributed by atoms with Gasteiger partial charge in [0.15, 0.2) is 0 Å². The number of rotatable bonds is 9. The van der Waals surface area contributed by atoms with Crippen LogP contribution in [0.25, 0.3) is 0 Å². The summed E-state index contributed by atoms with van der Waals surface area (Å²) in [7, 11) is 0. The minimum atomic E-state index is 1.09. The molecule has 0 aromatic carbocycles. The first kappa shape index (κ1) is 21.7. The Morgan fingerprint density at radius 2 is 1.04 bits per heavy atom. The van der Waals surface area contributed by atoms with Gasteiger partial charge in [-0.2, -0.15) is 0 Å². The third-order valence-electron chi connectivity index (χ3n) is 9.05. The molecule has 3 fully saturated rings. The van der Waals surface area contributed by atoms with Gasteiger partial charge in [0.25, 0.3) is 0 Å². The van der Waals surface area contributed by atoms with E-state index in [0.717, 1.165) is 35.5 Å². The Bertz CT molecular complexity index is 369. The Hall–Kier alpha value is 0. The van der Waals surface area contributed by atoms with Crippen LogP contribution in [0.1, 0.15) is 136 Å². The maximum absolute atomic E-state index is 2.36. The summed E-state index contributed by atoms with van der Waals surface area (Å²) in [5.74, 6) is 6.61. The molecule has 0 aromatic heterocycles. The number of unbranched alkanes of at least 4 members (excludes halogenated alkanes) is 3. The zero-order valence-corrected chi connectivity index (χ0v) is 18.9. The molecule has 3 aliphatic carbocycles. The second kappa shape index (κ2) is 11.9. The zero-order valence-electron chi connectivity index (χ0n) is 18.9. The molecule has 0 saturated heterocycles. The topological polar surface area (TPSA) is 0 Å². The predicted molar refractivity (Wildman–Crippen MR) is 120 cm³/mol. The lowest BCUT2D eigenvalue weighted by Crippen LogP contribution is -2.30. The summed E-state index contributed by atoms with van der Waals surface area (Å²) >= 11 is 0. The van der Waals surface area contributed by atoms with Crippen LogP contribution in [0.2, 0.25) is 0 Å². The Balaban J connectivity index is 1.34. The van der Waals surface area contributed by atoms with Crippen molar-refractivity contribution in [2.75, 3.05) is 0 Å². The molecule has 0 nitrogen and oxygen atoms in total. The zero-order chi connectivity index (χ0) is 18.9. The van der Waals surface area contributed by atoms with Gasteiger partial charge in [-0.05, 0) is 80.5 Å². The maximum Gasteiger partial charge on any atom is -0.0383 e. The Labute approximate surface area is 171 Å². The molecular weight excluding hydrogens is 324 g/mol. The van der Waals surface area contributed by atoms with Crippen molar-refractivity contribution in [3.8, 4) is 0 Å². The Morgan fingerprint density at radius 1 is 0.481 bits per heavy atom. The van der Waals surface area contributed by atoms with E-state index in [9.17, 15) is 0 Å². The molecule has 3 aliphatic rings. The van der Waals surface area contributed by atoms with E-state index in [1.807, 2.05) is 0 Å². The van der Waals surface area contributed by atoms with Gasteiger partial charge in [-0.15, -0.1) is 0 Å². The van der Waals surface area contributed by atoms with E-state index in [2.05, 4.69) is 13.8 Å². The highest BCUT2D eigenvalue weighted by atomic mass is 14.4. The molecule has 0 amide bonds. The molecular formula is C27H50. The van der Waals surface area contributed by atoms with Gasteiger partial charge < -0.3 is 0 Å². The second-order valence-corrected chi connectivity index (χ2v) is 10.9. The smallest absolute Gasteiger partial charge is 0.0383 e. The lowest BCUT2D eigenvalue weighted by Gasteiger charge is -2.41. The normalized spacial score (nSPS) is 38.0. The summed E-state index contributed by atoms with van der Waals surface area (Å²) in [6.07, 6.45) is 29.2. The Morgan fingerprint density at radius 3 is 1.67 bits per heavy atom. The van der Waals surface area contributed by atoms with Crippen molar-refractivity contribution >= 4 is 0 Å². The molecule has 0 bridgehead atoms. The maximum atomic E-state index is 2.36. The van der Waals surface area contributed by atoms with Gasteiger partial charge in [0, 0.05) is 0 Å². The molecule has 0 heterocycles. The van der Waals surface area contributed by atoms with E-state index in [0.29, 0.717) is 0 Å². The molecule has 2 atom stereocenters. The molecule has 3 saturated carbocycles. The van der Waals surface area contributed by atoms with Gasteiger partial charge in [-0.3, -0.25) is 0 Å². The van der Waals surface area contributed by atoms with E-state index in [1.165, 1.54) is 44.9 Å². The van der Waals surface area contributed by atoms with Crippen molar-refractivity contribution in [2.24, 2.45) is 35.5 Å². The minimum absolute atomic E-state index is 1.09. The van der Waals surface area contributed by atoms with Gasteiger partial charge in [0.1, 0.15) is 0 Å². The summed E-state index contributed by atoms with van der Waals surface area (Å²) in [5.41, 5.74) is 0. The second-order valence-electron chi connectivity index (χ2n) is 10.9. The number of hydrogen-bond donors (Lipinski definition) is 0. The molecule has 0 radical (unpaired) electrons. The van der Waals surface area contributed by atoms with Crippen LogP contribution in [-0.4, -0.2) is 0 Å². The van der Waals surface area contributed by atoms with Crippen molar-refractivity contribution in [1.82, 2.24) is 0 Å². The molecule has 0 heteroatoms. The lowest BCUT2D eigenvalue weighted by molar-refractivity contribution is 0.0981. The van der Waals surface area contributed by atoms with Crippen LogP contribution in [0.15, 0.2) is 0 Å². The van der Waals surface area contributed by atoms with Crippen LogP contribution >= 0.6 is 0 Å². The van der Waals surface area contributed by atoms with Gasteiger partial charge >= 0.3 is 0 Å². The first-order valence-electron chi connectivity index (χ1n) is 13.3. The van der Waals surface area contributed by atoms with Crippen molar-refractivity contribution in [2.45, 2.75) is 136 Å². The van der Waals surface area contributed by atoms with Crippen molar-refractivity contribution < 1.29 is 0 Å². The van der Waals surface area contributed by atoms with E-state index >= 15 is 0 Å². The fraction of sp³-hybridized carbons (Fsp3) is 1.00. The summed E-state index contributed by atoms with van der Waals surface area (Å²) < 4.78 is 0. The fourth-order valence-corrected chi connectivity index (χ4v) is 7.23. The first-order valence-corrected chi connectivity index (χ1v) is 13.3. The minimum Gasteiger partial charge on any atom is -0.0654 e. The van der Waals surface area contributed by atoms with Gasteiger partial charge in [0.05, 0.1) is 0 Å². The van der Waals surface area contributed by atoms with Crippen molar-refractivity contribution in [3.05, 3.63) is 0 Å². The molecule has 2 unspecified atom stereocenters. The average molecular weight is 375 g/mol. The van der Waals surface area contributed by atoms with E-state index < -0.39 is 0 Å². The van der Waals surface area contributed by atoms with Crippen LogP contribution in [0.3, 0.4) is 0 Å². The fourth-order valence-electron chi connectivity index (χ4n) is 7.23. The van der Waals surface area contributed by atoms with Crippen LogP contribution in [-0.2, 0) is 0 Å². The molecule has 0 N–H and O–H groups in total. The summed E-state index contributed by atoms with van der Waals surface area (Å²) in [6.45, 7) is 4.70. The quantitative estimate of drug-likeness (QED) is 0.353. The number of hydrogen-bond acceptors (Lipinski definition) is 0. The highest BCUT2D eigenvalue weighted by molar-refractivity contribution is 4.86. The Kier molecular flexibility index (Phi) is 9.54. The molecule has 0 aromatic rings. The SMILES string of the molecule is CCCCCC1CCC(C2CCC(C3CCCC(CCCC)C3)CC2)CC1. The highest BCUT2D eigenvalue weighted by Gasteiger charge is 2.34. The third kappa shape index (κ3) is 6.78. The van der Waals surface area contributed by atoms with Crippen molar-refractivity contribution in [3.63, 3.8) is 0 Å². The van der Waals surface area contributed by atoms with Gasteiger partial charge in [-0.25, -0.2) is 0 Å². The highest BCUT2D eigenvalue weighted by Crippen LogP contribution is 2.46. The average Bonchev–Trinajstić information content (AvgIpc) is 2.73. The van der Waals surface area contributed by atoms with Crippen LogP contribution in [0.4, 0.5) is 0 Å². The largest absolute Gasteiger partial charge is 0.0654 e. The van der Waals surface area contributed by atoms with Crippen molar-refractivity contribution in [1.29, 1.82) is 0 Å². The van der Waals surface area contributed by atoms with E-state index in [1.54, 1.807) is 77.0 Å². The predicted octanol–water partition coefficient (Wildman–Crippen LogP) is 9.18. The summed E-state index contributed by atoms with van der Waals surface area (Å²) in [6, 6.07) is 0. The standard InChI is InChI=1S/C27H50/c1-3-5-7-10-22-13-15-24(16-14-22)25-17-19-26(20-18-25)27-12-8-11-23(21-27)9-6-4-2/h22-27H,3-21H2,1-2H3. The van der Waals surface area contributed by atoms with Gasteiger partial charge in [-0.1, -0.05) is 90.9 Å². The van der Waals surface area contributed by atoms with Crippen LogP contribution < -0.4 is 0 Å². The molecule has 0 spiro atoms. The van der Waals surface area contributed by atoms with Crippen LogP contribution in [0.5, 0.6) is 0 Å². The lowest BCUT2D eigenvalue weighted by atomic mass is 9.64. The van der Waals surface area contributed by atoms with E-state index in [4.69, 9.17) is 0 Å². The third-order valence-corrected chi connectivity index (χ3v) is 9.05. The van der Waals surface area contributed by atoms with E-state index in [-0.39, 0.29) is 0 Å².